The lowest BCUT2D eigenvalue weighted by Crippen LogP contribution is -2.44. The van der Waals surface area contributed by atoms with Gasteiger partial charge in [-0.15, -0.1) is 0 Å². The van der Waals surface area contributed by atoms with E-state index in [1.165, 1.54) is 0 Å². The first-order valence-corrected chi connectivity index (χ1v) is 9.22. The fourth-order valence-electron chi connectivity index (χ4n) is 3.49. The highest BCUT2D eigenvalue weighted by atomic mass is 16.3. The van der Waals surface area contributed by atoms with Gasteiger partial charge in [0, 0.05) is 37.1 Å². The van der Waals surface area contributed by atoms with Gasteiger partial charge in [0.2, 0.25) is 0 Å². The van der Waals surface area contributed by atoms with Gasteiger partial charge in [0.1, 0.15) is 11.4 Å². The number of hydrogen-bond donors (Lipinski definition) is 1. The third-order valence-corrected chi connectivity index (χ3v) is 5.22. The number of amides is 1. The fraction of sp³-hybridized carbons (Fsp3) is 0.333. The van der Waals surface area contributed by atoms with E-state index < -0.39 is 0 Å². The van der Waals surface area contributed by atoms with Crippen molar-refractivity contribution in [2.24, 2.45) is 0 Å². The minimum Gasteiger partial charge on any atom is -0.450 e. The van der Waals surface area contributed by atoms with Gasteiger partial charge in [-0.2, -0.15) is 0 Å². The summed E-state index contributed by atoms with van der Waals surface area (Å²) in [4.78, 5) is 21.7. The maximum atomic E-state index is 12.7. The molecule has 0 unspecified atom stereocenters. The molecule has 27 heavy (non-hydrogen) atoms. The monoisotopic (exact) mass is 364 g/mol. The van der Waals surface area contributed by atoms with Crippen molar-refractivity contribution in [2.45, 2.75) is 13.8 Å². The third kappa shape index (κ3) is 3.40. The van der Waals surface area contributed by atoms with Crippen molar-refractivity contribution < 1.29 is 9.21 Å². The molecule has 1 saturated heterocycles. The fourth-order valence-corrected chi connectivity index (χ4v) is 3.49. The molecule has 1 aliphatic rings. The van der Waals surface area contributed by atoms with Crippen LogP contribution in [0.15, 0.2) is 40.9 Å². The molecule has 1 aliphatic heterocycles. The van der Waals surface area contributed by atoms with Crippen molar-refractivity contribution >= 4 is 28.4 Å². The Bertz CT molecular complexity index is 970. The van der Waals surface area contributed by atoms with E-state index in [9.17, 15) is 4.79 Å². The van der Waals surface area contributed by atoms with Crippen molar-refractivity contribution in [3.63, 3.8) is 0 Å². The second kappa shape index (κ2) is 7.04. The van der Waals surface area contributed by atoms with Crippen molar-refractivity contribution in [3.8, 4) is 0 Å². The molecule has 6 heteroatoms. The van der Waals surface area contributed by atoms with Crippen LogP contribution in [0.25, 0.3) is 11.0 Å². The van der Waals surface area contributed by atoms with Crippen LogP contribution >= 0.6 is 0 Å². The van der Waals surface area contributed by atoms with Gasteiger partial charge in [0.25, 0.3) is 5.91 Å². The first kappa shape index (κ1) is 17.5. The number of likely N-dealkylation sites (N-methyl/N-ethyl adjacent to an activating group) is 1. The molecular formula is C21H24N4O2. The zero-order chi connectivity index (χ0) is 19.0. The lowest BCUT2D eigenvalue weighted by Gasteiger charge is -2.33. The first-order chi connectivity index (χ1) is 13.0. The number of rotatable bonds is 3. The highest BCUT2D eigenvalue weighted by molar-refractivity contribution is 6.06. The van der Waals surface area contributed by atoms with E-state index in [4.69, 9.17) is 4.42 Å². The minimum absolute atomic E-state index is 0.275. The Balaban J connectivity index is 1.50. The van der Waals surface area contributed by atoms with Crippen LogP contribution in [-0.2, 0) is 0 Å². The van der Waals surface area contributed by atoms with Crippen LogP contribution in [0.4, 0.5) is 11.5 Å². The summed E-state index contributed by atoms with van der Waals surface area (Å²) >= 11 is 0. The molecule has 3 heterocycles. The number of piperazine rings is 1. The van der Waals surface area contributed by atoms with Gasteiger partial charge in [0.05, 0.1) is 11.9 Å². The van der Waals surface area contributed by atoms with Crippen LogP contribution in [0.2, 0.25) is 0 Å². The van der Waals surface area contributed by atoms with Crippen LogP contribution < -0.4 is 10.2 Å². The van der Waals surface area contributed by atoms with Crippen molar-refractivity contribution in [2.75, 3.05) is 43.4 Å². The van der Waals surface area contributed by atoms with Gasteiger partial charge in [0.15, 0.2) is 5.76 Å². The topological polar surface area (TPSA) is 61.6 Å². The summed E-state index contributed by atoms with van der Waals surface area (Å²) in [5.41, 5.74) is 3.71. The molecule has 0 bridgehead atoms. The zero-order valence-corrected chi connectivity index (χ0v) is 16.0. The Labute approximate surface area is 158 Å². The van der Waals surface area contributed by atoms with E-state index in [2.05, 4.69) is 27.1 Å². The number of nitrogens with zero attached hydrogens (tertiary/aromatic N) is 3. The summed E-state index contributed by atoms with van der Waals surface area (Å²) < 4.78 is 5.84. The molecule has 1 N–H and O–H groups in total. The second-order valence-electron chi connectivity index (χ2n) is 7.15. The van der Waals surface area contributed by atoms with Gasteiger partial charge in [-0.05, 0) is 38.6 Å². The summed E-state index contributed by atoms with van der Waals surface area (Å²) in [5, 5.41) is 3.82. The number of para-hydroxylation sites is 1. The van der Waals surface area contributed by atoms with E-state index in [1.807, 2.05) is 50.4 Å². The molecule has 1 fully saturated rings. The van der Waals surface area contributed by atoms with Gasteiger partial charge in [-0.3, -0.25) is 4.79 Å². The number of anilines is 2. The van der Waals surface area contributed by atoms with Gasteiger partial charge in [-0.25, -0.2) is 4.98 Å². The molecule has 0 atom stereocenters. The number of nitrogens with one attached hydrogen (secondary N) is 1. The minimum atomic E-state index is -0.275. The Morgan fingerprint density at radius 3 is 2.56 bits per heavy atom. The number of carbonyl (C=O) groups is 1. The lowest BCUT2D eigenvalue weighted by atomic mass is 10.1. The van der Waals surface area contributed by atoms with Crippen molar-refractivity contribution in [1.82, 2.24) is 9.88 Å². The predicted octanol–water partition coefficient (Wildman–Crippen LogP) is 3.45. The summed E-state index contributed by atoms with van der Waals surface area (Å²) in [6.07, 6.45) is 1.82. The van der Waals surface area contributed by atoms with Crippen LogP contribution in [0, 0.1) is 13.8 Å². The van der Waals surface area contributed by atoms with E-state index in [-0.39, 0.29) is 5.91 Å². The SMILES string of the molecule is Cc1c(C(=O)Nc2ccc(N3CCN(C)CC3)cn2)oc2c(C)cccc12. The standard InChI is InChI=1S/C21H24N4O2/c1-14-5-4-6-17-15(2)20(27-19(14)17)21(26)23-18-8-7-16(13-22-18)25-11-9-24(3)10-12-25/h4-8,13H,9-12H2,1-3H3,(H,22,23,26). The number of aryl methyl sites for hydroxylation is 2. The maximum Gasteiger partial charge on any atom is 0.292 e. The van der Waals surface area contributed by atoms with Gasteiger partial charge >= 0.3 is 0 Å². The Kier molecular flexibility index (Phi) is 4.58. The molecule has 0 aliphatic carbocycles. The number of pyridine rings is 1. The average Bonchev–Trinajstić information content (AvgIpc) is 3.02. The van der Waals surface area contributed by atoms with Crippen LogP contribution in [-0.4, -0.2) is 49.0 Å². The number of furan rings is 1. The molecule has 0 radical (unpaired) electrons. The smallest absolute Gasteiger partial charge is 0.292 e. The van der Waals surface area contributed by atoms with Crippen molar-refractivity contribution in [3.05, 3.63) is 53.4 Å². The van der Waals surface area contributed by atoms with E-state index >= 15 is 0 Å². The molecule has 1 aromatic carbocycles. The number of aromatic nitrogens is 1. The van der Waals surface area contributed by atoms with Crippen LogP contribution in [0.1, 0.15) is 21.7 Å². The van der Waals surface area contributed by atoms with Gasteiger partial charge < -0.3 is 19.5 Å². The third-order valence-electron chi connectivity index (χ3n) is 5.22. The lowest BCUT2D eigenvalue weighted by molar-refractivity contribution is 0.0997. The van der Waals surface area contributed by atoms with Crippen LogP contribution in [0.5, 0.6) is 0 Å². The Morgan fingerprint density at radius 2 is 1.89 bits per heavy atom. The first-order valence-electron chi connectivity index (χ1n) is 9.22. The summed E-state index contributed by atoms with van der Waals surface area (Å²) in [5.74, 6) is 0.585. The van der Waals surface area contributed by atoms with E-state index in [0.717, 1.165) is 54.0 Å². The number of fused-ring (bicyclic) bond motifs is 1. The number of carbonyl (C=O) groups excluding carboxylic acids is 1. The number of benzene rings is 1. The average molecular weight is 364 g/mol. The zero-order valence-electron chi connectivity index (χ0n) is 16.0. The predicted molar refractivity (Wildman–Crippen MR) is 108 cm³/mol. The Morgan fingerprint density at radius 1 is 1.11 bits per heavy atom. The van der Waals surface area contributed by atoms with Gasteiger partial charge in [-0.1, -0.05) is 18.2 Å². The molecule has 3 aromatic rings. The van der Waals surface area contributed by atoms with Crippen LogP contribution in [0.3, 0.4) is 0 Å². The highest BCUT2D eigenvalue weighted by Crippen LogP contribution is 2.28. The molecular weight excluding hydrogens is 340 g/mol. The number of hydrogen-bond acceptors (Lipinski definition) is 5. The van der Waals surface area contributed by atoms with E-state index in [0.29, 0.717) is 11.6 Å². The molecule has 1 amide bonds. The quantitative estimate of drug-likeness (QED) is 0.771. The summed E-state index contributed by atoms with van der Waals surface area (Å²) in [7, 11) is 2.13. The molecule has 6 nitrogen and oxygen atoms in total. The molecule has 0 spiro atoms. The molecule has 0 saturated carbocycles. The summed E-state index contributed by atoms with van der Waals surface area (Å²) in [6.45, 7) is 7.95. The molecule has 4 rings (SSSR count). The molecule has 2 aromatic heterocycles. The highest BCUT2D eigenvalue weighted by Gasteiger charge is 2.19. The Hall–Kier alpha value is -2.86. The van der Waals surface area contributed by atoms with Crippen molar-refractivity contribution in [1.29, 1.82) is 0 Å². The second-order valence-corrected chi connectivity index (χ2v) is 7.15. The maximum absolute atomic E-state index is 12.7. The van der Waals surface area contributed by atoms with E-state index in [1.54, 1.807) is 0 Å². The largest absolute Gasteiger partial charge is 0.450 e. The summed E-state index contributed by atoms with van der Waals surface area (Å²) in [6, 6.07) is 9.77. The molecule has 140 valence electrons. The normalized spacial score (nSPS) is 15.3.